The third kappa shape index (κ3) is 7.27. The molecule has 6 heteroatoms. The molecule has 1 aromatic rings. The van der Waals surface area contributed by atoms with Crippen molar-refractivity contribution in [3.05, 3.63) is 29.8 Å². The van der Waals surface area contributed by atoms with Crippen LogP contribution in [0, 0.1) is 5.92 Å². The molecule has 0 unspecified atom stereocenters. The molecule has 1 saturated heterocycles. The van der Waals surface area contributed by atoms with Gasteiger partial charge in [0.15, 0.2) is 5.11 Å². The predicted octanol–water partition coefficient (Wildman–Crippen LogP) is 3.09. The van der Waals surface area contributed by atoms with Crippen molar-refractivity contribution in [1.29, 1.82) is 0 Å². The Kier molecular flexibility index (Phi) is 7.98. The molecule has 1 aliphatic heterocycles. The molecular weight excluding hydrogens is 322 g/mol. The number of nitrogens with one attached hydrogen (secondary N) is 2. The van der Waals surface area contributed by atoms with E-state index in [-0.39, 0.29) is 6.10 Å². The maximum atomic E-state index is 5.69. The molecule has 0 spiro atoms. The van der Waals surface area contributed by atoms with Crippen molar-refractivity contribution in [1.82, 2.24) is 10.7 Å². The van der Waals surface area contributed by atoms with Crippen LogP contribution in [0.3, 0.4) is 0 Å². The van der Waals surface area contributed by atoms with Crippen molar-refractivity contribution in [3.63, 3.8) is 0 Å². The van der Waals surface area contributed by atoms with Crippen LogP contribution in [-0.4, -0.2) is 37.2 Å². The second kappa shape index (κ2) is 10.3. The fourth-order valence-electron chi connectivity index (χ4n) is 2.28. The van der Waals surface area contributed by atoms with Gasteiger partial charge < -0.3 is 14.8 Å². The Hall–Kier alpha value is -1.66. The minimum absolute atomic E-state index is 0.261. The first-order chi connectivity index (χ1) is 11.6. The Balaban J connectivity index is 1.66. The average Bonchev–Trinajstić information content (AvgIpc) is 3.07. The van der Waals surface area contributed by atoms with Gasteiger partial charge in [-0.3, -0.25) is 5.43 Å². The van der Waals surface area contributed by atoms with Crippen molar-refractivity contribution >= 4 is 23.5 Å². The summed E-state index contributed by atoms with van der Waals surface area (Å²) in [6, 6.07) is 7.85. The Labute approximate surface area is 149 Å². The van der Waals surface area contributed by atoms with Crippen LogP contribution in [0.2, 0.25) is 0 Å². The summed E-state index contributed by atoms with van der Waals surface area (Å²) in [5, 5.41) is 7.76. The van der Waals surface area contributed by atoms with Crippen LogP contribution >= 0.6 is 12.2 Å². The fourth-order valence-corrected chi connectivity index (χ4v) is 2.42. The molecule has 0 aliphatic carbocycles. The molecule has 1 atom stereocenters. The van der Waals surface area contributed by atoms with E-state index >= 15 is 0 Å². The predicted molar refractivity (Wildman–Crippen MR) is 102 cm³/mol. The summed E-state index contributed by atoms with van der Waals surface area (Å²) in [6.07, 6.45) is 5.27. The lowest BCUT2D eigenvalue weighted by Gasteiger charge is -2.11. The van der Waals surface area contributed by atoms with E-state index in [0.29, 0.717) is 11.0 Å². The third-order valence-corrected chi connectivity index (χ3v) is 3.97. The standard InChI is InChI=1S/C18H27N3O2S/c1-14(2)9-11-23-16-7-5-15(6-8-16)12-20-21-18(24)19-13-17-4-3-10-22-17/h5-8,12,14,17H,3-4,9-11,13H2,1-2H3,(H2,19,21,24)/b20-12-/t17-/m0/s1. The number of benzene rings is 1. The number of hydrazone groups is 1. The second-order valence-corrected chi connectivity index (χ2v) is 6.72. The number of ether oxygens (including phenoxy) is 2. The SMILES string of the molecule is CC(C)CCOc1ccc(/C=N\NC(=S)NC[C@@H]2CCCO2)cc1. The normalized spacial score (nSPS) is 17.4. The van der Waals surface area contributed by atoms with Crippen LogP contribution in [-0.2, 0) is 4.74 Å². The molecule has 0 bridgehead atoms. The van der Waals surface area contributed by atoms with Crippen LogP contribution in [0.5, 0.6) is 5.75 Å². The summed E-state index contributed by atoms with van der Waals surface area (Å²) in [4.78, 5) is 0. The highest BCUT2D eigenvalue weighted by Crippen LogP contribution is 2.12. The Morgan fingerprint density at radius 3 is 2.88 bits per heavy atom. The number of hydrogen-bond donors (Lipinski definition) is 2. The first-order valence-corrected chi connectivity index (χ1v) is 8.95. The highest BCUT2D eigenvalue weighted by Gasteiger charge is 2.14. The monoisotopic (exact) mass is 349 g/mol. The summed E-state index contributed by atoms with van der Waals surface area (Å²) < 4.78 is 11.2. The van der Waals surface area contributed by atoms with Crippen molar-refractivity contribution in [2.75, 3.05) is 19.8 Å². The molecule has 132 valence electrons. The van der Waals surface area contributed by atoms with Gasteiger partial charge in [0.1, 0.15) is 5.75 Å². The highest BCUT2D eigenvalue weighted by atomic mass is 32.1. The van der Waals surface area contributed by atoms with Gasteiger partial charge >= 0.3 is 0 Å². The van der Waals surface area contributed by atoms with Gasteiger partial charge in [-0.05, 0) is 67.2 Å². The van der Waals surface area contributed by atoms with Gasteiger partial charge in [-0.2, -0.15) is 5.10 Å². The maximum absolute atomic E-state index is 5.69. The van der Waals surface area contributed by atoms with E-state index in [1.54, 1.807) is 6.21 Å². The summed E-state index contributed by atoms with van der Waals surface area (Å²) in [5.41, 5.74) is 3.81. The first-order valence-electron chi connectivity index (χ1n) is 8.55. The molecule has 0 radical (unpaired) electrons. The Morgan fingerprint density at radius 2 is 2.21 bits per heavy atom. The number of thiocarbonyl (C=S) groups is 1. The van der Waals surface area contributed by atoms with Crippen molar-refractivity contribution < 1.29 is 9.47 Å². The highest BCUT2D eigenvalue weighted by molar-refractivity contribution is 7.80. The van der Waals surface area contributed by atoms with E-state index in [2.05, 4.69) is 29.7 Å². The molecule has 0 amide bonds. The van der Waals surface area contributed by atoms with Crippen molar-refractivity contribution in [2.45, 2.75) is 39.2 Å². The fraction of sp³-hybridized carbons (Fsp3) is 0.556. The zero-order valence-corrected chi connectivity index (χ0v) is 15.3. The lowest BCUT2D eigenvalue weighted by Crippen LogP contribution is -2.37. The first kappa shape index (κ1) is 18.7. The van der Waals surface area contributed by atoms with E-state index in [9.17, 15) is 0 Å². The molecule has 2 N–H and O–H groups in total. The summed E-state index contributed by atoms with van der Waals surface area (Å²) in [5.74, 6) is 1.54. The maximum Gasteiger partial charge on any atom is 0.187 e. The van der Waals surface area contributed by atoms with Crippen molar-refractivity contribution in [3.8, 4) is 5.75 Å². The zero-order valence-electron chi connectivity index (χ0n) is 14.5. The van der Waals surface area contributed by atoms with E-state index in [0.717, 1.165) is 50.3 Å². The van der Waals surface area contributed by atoms with E-state index in [1.807, 2.05) is 24.3 Å². The number of hydrogen-bond acceptors (Lipinski definition) is 4. The van der Waals surface area contributed by atoms with Gasteiger partial charge in [0.05, 0.1) is 18.9 Å². The van der Waals surface area contributed by atoms with E-state index in [1.165, 1.54) is 0 Å². The van der Waals surface area contributed by atoms with Gasteiger partial charge in [-0.1, -0.05) is 13.8 Å². The molecule has 1 aromatic carbocycles. The third-order valence-electron chi connectivity index (χ3n) is 3.74. The Bertz CT molecular complexity index is 526. The minimum Gasteiger partial charge on any atom is -0.494 e. The van der Waals surface area contributed by atoms with Crippen LogP contribution in [0.25, 0.3) is 0 Å². The molecule has 1 heterocycles. The number of nitrogens with zero attached hydrogens (tertiary/aromatic N) is 1. The zero-order chi connectivity index (χ0) is 17.2. The van der Waals surface area contributed by atoms with Crippen LogP contribution in [0.1, 0.15) is 38.7 Å². The van der Waals surface area contributed by atoms with Crippen LogP contribution in [0.15, 0.2) is 29.4 Å². The van der Waals surface area contributed by atoms with Gasteiger partial charge in [0.25, 0.3) is 0 Å². The smallest absolute Gasteiger partial charge is 0.187 e. The van der Waals surface area contributed by atoms with Gasteiger partial charge in [0, 0.05) is 13.2 Å². The van der Waals surface area contributed by atoms with Gasteiger partial charge in [0.2, 0.25) is 0 Å². The molecule has 0 saturated carbocycles. The molecule has 1 fully saturated rings. The molecule has 0 aromatic heterocycles. The van der Waals surface area contributed by atoms with Gasteiger partial charge in [-0.25, -0.2) is 0 Å². The molecule has 24 heavy (non-hydrogen) atoms. The topological polar surface area (TPSA) is 54.9 Å². The molecule has 1 aliphatic rings. The molecule has 5 nitrogen and oxygen atoms in total. The quantitative estimate of drug-likeness (QED) is 0.429. The largest absolute Gasteiger partial charge is 0.494 e. The lowest BCUT2D eigenvalue weighted by atomic mass is 10.1. The Morgan fingerprint density at radius 1 is 1.42 bits per heavy atom. The summed E-state index contributed by atoms with van der Waals surface area (Å²) >= 11 is 5.18. The lowest BCUT2D eigenvalue weighted by molar-refractivity contribution is 0.114. The second-order valence-electron chi connectivity index (χ2n) is 6.32. The minimum atomic E-state index is 0.261. The van der Waals surface area contributed by atoms with E-state index in [4.69, 9.17) is 21.7 Å². The van der Waals surface area contributed by atoms with Gasteiger partial charge in [-0.15, -0.1) is 0 Å². The van der Waals surface area contributed by atoms with Crippen LogP contribution in [0.4, 0.5) is 0 Å². The average molecular weight is 350 g/mol. The molecule has 2 rings (SSSR count). The molecular formula is C18H27N3O2S. The summed E-state index contributed by atoms with van der Waals surface area (Å²) in [7, 11) is 0. The van der Waals surface area contributed by atoms with Crippen molar-refractivity contribution in [2.24, 2.45) is 11.0 Å². The number of rotatable bonds is 8. The summed E-state index contributed by atoms with van der Waals surface area (Å²) in [6.45, 7) is 6.70. The van der Waals surface area contributed by atoms with E-state index < -0.39 is 0 Å². The van der Waals surface area contributed by atoms with Crippen LogP contribution < -0.4 is 15.5 Å².